The van der Waals surface area contributed by atoms with Gasteiger partial charge in [-0.2, -0.15) is 0 Å². The zero-order valence-corrected chi connectivity index (χ0v) is 9.02. The van der Waals surface area contributed by atoms with Crippen molar-refractivity contribution in [3.05, 3.63) is 18.2 Å². The summed E-state index contributed by atoms with van der Waals surface area (Å²) in [5.41, 5.74) is 0. The molecule has 1 N–H and O–H groups in total. The van der Waals surface area contributed by atoms with E-state index in [0.717, 1.165) is 25.7 Å². The van der Waals surface area contributed by atoms with Gasteiger partial charge < -0.3 is 9.88 Å². The molecule has 0 radical (unpaired) electrons. The van der Waals surface area contributed by atoms with Crippen molar-refractivity contribution in [3.63, 3.8) is 0 Å². The summed E-state index contributed by atoms with van der Waals surface area (Å²) in [5.74, 6) is 1.23. The molecule has 1 aromatic rings. The Labute approximate surface area is 90.3 Å². The van der Waals surface area contributed by atoms with E-state index < -0.39 is 0 Å². The van der Waals surface area contributed by atoms with Gasteiger partial charge in [0.15, 0.2) is 0 Å². The topological polar surface area (TPSA) is 33.1 Å². The molecule has 1 aromatic heterocycles. The van der Waals surface area contributed by atoms with Crippen LogP contribution in [0.2, 0.25) is 0 Å². The number of nitrogens with zero attached hydrogens (tertiary/aromatic N) is 3. The summed E-state index contributed by atoms with van der Waals surface area (Å²) in [6, 6.07) is 0.726. The van der Waals surface area contributed by atoms with Gasteiger partial charge in [-0.15, -0.1) is 0 Å². The fourth-order valence-electron chi connectivity index (χ4n) is 2.65. The second-order valence-corrected chi connectivity index (χ2v) is 4.51. The molecule has 1 atom stereocenters. The summed E-state index contributed by atoms with van der Waals surface area (Å²) in [6.45, 7) is 5.65. The predicted octanol–water partition coefficient (Wildman–Crippen LogP) is 0.451. The normalized spacial score (nSPS) is 27.6. The first kappa shape index (κ1) is 9.36. The van der Waals surface area contributed by atoms with E-state index in [1.807, 2.05) is 6.20 Å². The van der Waals surface area contributed by atoms with Crippen molar-refractivity contribution in [2.75, 3.05) is 19.6 Å². The third-order valence-corrected chi connectivity index (χ3v) is 3.56. The summed E-state index contributed by atoms with van der Waals surface area (Å²) >= 11 is 0. The van der Waals surface area contributed by atoms with E-state index in [1.54, 1.807) is 0 Å². The Balaban J connectivity index is 1.69. The molecule has 0 aliphatic carbocycles. The Hall–Kier alpha value is -0.870. The van der Waals surface area contributed by atoms with Crippen LogP contribution in [0.3, 0.4) is 0 Å². The van der Waals surface area contributed by atoms with Gasteiger partial charge in [0.25, 0.3) is 0 Å². The van der Waals surface area contributed by atoms with E-state index in [0.29, 0.717) is 0 Å². The van der Waals surface area contributed by atoms with Crippen LogP contribution in [0.5, 0.6) is 0 Å². The van der Waals surface area contributed by atoms with E-state index in [2.05, 4.69) is 26.0 Å². The third-order valence-electron chi connectivity index (χ3n) is 3.56. The highest BCUT2D eigenvalue weighted by molar-refractivity contribution is 4.97. The van der Waals surface area contributed by atoms with E-state index in [4.69, 9.17) is 0 Å². The van der Waals surface area contributed by atoms with Crippen molar-refractivity contribution in [2.24, 2.45) is 0 Å². The van der Waals surface area contributed by atoms with E-state index in [9.17, 15) is 0 Å². The molecule has 82 valence electrons. The Morgan fingerprint density at radius 3 is 3.27 bits per heavy atom. The summed E-state index contributed by atoms with van der Waals surface area (Å²) < 4.78 is 2.27. The molecule has 15 heavy (non-hydrogen) atoms. The average molecular weight is 206 g/mol. The zero-order valence-electron chi connectivity index (χ0n) is 9.02. The molecule has 4 heteroatoms. The quantitative estimate of drug-likeness (QED) is 0.724. The van der Waals surface area contributed by atoms with Gasteiger partial charge in [0, 0.05) is 38.1 Å². The van der Waals surface area contributed by atoms with Crippen LogP contribution < -0.4 is 5.32 Å². The molecule has 1 fully saturated rings. The van der Waals surface area contributed by atoms with Gasteiger partial charge in [-0.1, -0.05) is 0 Å². The van der Waals surface area contributed by atoms with Gasteiger partial charge >= 0.3 is 0 Å². The average Bonchev–Trinajstić information content (AvgIpc) is 2.77. The maximum absolute atomic E-state index is 4.40. The molecular formula is C11H18N4. The molecular weight excluding hydrogens is 188 g/mol. The lowest BCUT2D eigenvalue weighted by Gasteiger charge is -2.37. The van der Waals surface area contributed by atoms with Gasteiger partial charge in [0.2, 0.25) is 0 Å². The van der Waals surface area contributed by atoms with Crippen LogP contribution in [0, 0.1) is 0 Å². The third kappa shape index (κ3) is 1.79. The Bertz CT molecular complexity index is 327. The number of fused-ring (bicyclic) bond motifs is 1. The SMILES string of the molecule is c1cn2c(n1)CN(C1CCCNC1)CC2. The number of imidazole rings is 1. The minimum atomic E-state index is 0.726. The number of nitrogens with one attached hydrogen (secondary N) is 1. The zero-order chi connectivity index (χ0) is 10.1. The second kappa shape index (κ2) is 3.94. The summed E-state index contributed by atoms with van der Waals surface area (Å²) in [5, 5.41) is 3.48. The molecule has 4 nitrogen and oxygen atoms in total. The van der Waals surface area contributed by atoms with Gasteiger partial charge in [-0.25, -0.2) is 4.98 Å². The molecule has 3 rings (SSSR count). The van der Waals surface area contributed by atoms with Crippen LogP contribution in [0.1, 0.15) is 18.7 Å². The number of hydrogen-bond donors (Lipinski definition) is 1. The minimum absolute atomic E-state index is 0.726. The highest BCUT2D eigenvalue weighted by Crippen LogP contribution is 2.17. The first-order valence-electron chi connectivity index (χ1n) is 5.88. The van der Waals surface area contributed by atoms with Crippen molar-refractivity contribution >= 4 is 0 Å². The summed E-state index contributed by atoms with van der Waals surface area (Å²) in [4.78, 5) is 6.98. The van der Waals surface area contributed by atoms with Crippen LogP contribution in [-0.2, 0) is 13.1 Å². The van der Waals surface area contributed by atoms with Gasteiger partial charge in [-0.05, 0) is 19.4 Å². The van der Waals surface area contributed by atoms with Gasteiger partial charge in [0.1, 0.15) is 5.82 Å². The molecule has 0 aromatic carbocycles. The lowest BCUT2D eigenvalue weighted by Crippen LogP contribution is -2.48. The molecule has 0 bridgehead atoms. The molecule has 1 saturated heterocycles. The lowest BCUT2D eigenvalue weighted by atomic mass is 10.1. The Morgan fingerprint density at radius 1 is 1.40 bits per heavy atom. The van der Waals surface area contributed by atoms with E-state index in [1.165, 1.54) is 31.8 Å². The van der Waals surface area contributed by atoms with E-state index >= 15 is 0 Å². The number of hydrogen-bond acceptors (Lipinski definition) is 3. The molecule has 0 saturated carbocycles. The van der Waals surface area contributed by atoms with Crippen molar-refractivity contribution in [2.45, 2.75) is 32.0 Å². The molecule has 0 spiro atoms. The molecule has 2 aliphatic heterocycles. The second-order valence-electron chi connectivity index (χ2n) is 4.51. The molecule has 3 heterocycles. The minimum Gasteiger partial charge on any atom is -0.333 e. The van der Waals surface area contributed by atoms with Crippen LogP contribution in [-0.4, -0.2) is 40.1 Å². The number of aromatic nitrogens is 2. The largest absolute Gasteiger partial charge is 0.333 e. The standard InChI is InChI=1S/C11H18N4/c1-2-10(8-12-3-1)15-7-6-14-5-4-13-11(14)9-15/h4-5,10,12H,1-3,6-9H2. The summed E-state index contributed by atoms with van der Waals surface area (Å²) in [7, 11) is 0. The summed E-state index contributed by atoms with van der Waals surface area (Å²) in [6.07, 6.45) is 6.66. The highest BCUT2D eigenvalue weighted by Gasteiger charge is 2.24. The predicted molar refractivity (Wildman–Crippen MR) is 58.5 cm³/mol. The van der Waals surface area contributed by atoms with Crippen LogP contribution in [0.15, 0.2) is 12.4 Å². The van der Waals surface area contributed by atoms with Crippen molar-refractivity contribution in [1.82, 2.24) is 19.8 Å². The maximum atomic E-state index is 4.40. The maximum Gasteiger partial charge on any atom is 0.122 e. The molecule has 2 aliphatic rings. The number of rotatable bonds is 1. The van der Waals surface area contributed by atoms with Gasteiger partial charge in [-0.3, -0.25) is 4.90 Å². The smallest absolute Gasteiger partial charge is 0.122 e. The monoisotopic (exact) mass is 206 g/mol. The van der Waals surface area contributed by atoms with Crippen LogP contribution in [0.25, 0.3) is 0 Å². The van der Waals surface area contributed by atoms with Crippen molar-refractivity contribution in [3.8, 4) is 0 Å². The molecule has 0 amide bonds. The van der Waals surface area contributed by atoms with Crippen molar-refractivity contribution in [1.29, 1.82) is 0 Å². The molecule has 1 unspecified atom stereocenters. The van der Waals surface area contributed by atoms with Gasteiger partial charge in [0.05, 0.1) is 6.54 Å². The fourth-order valence-corrected chi connectivity index (χ4v) is 2.65. The van der Waals surface area contributed by atoms with Crippen LogP contribution in [0.4, 0.5) is 0 Å². The van der Waals surface area contributed by atoms with E-state index in [-0.39, 0.29) is 0 Å². The van der Waals surface area contributed by atoms with Crippen LogP contribution >= 0.6 is 0 Å². The lowest BCUT2D eigenvalue weighted by molar-refractivity contribution is 0.129. The first-order valence-corrected chi connectivity index (χ1v) is 5.88. The first-order chi connectivity index (χ1) is 7.43. The number of piperidine rings is 1. The van der Waals surface area contributed by atoms with Crippen molar-refractivity contribution < 1.29 is 0 Å². The highest BCUT2D eigenvalue weighted by atomic mass is 15.3. The fraction of sp³-hybridized carbons (Fsp3) is 0.727. The Kier molecular flexibility index (Phi) is 2.46. The Morgan fingerprint density at radius 2 is 2.40 bits per heavy atom.